The number of nitrogens with zero attached hydrogens (tertiary/aromatic N) is 11. The quantitative estimate of drug-likeness (QED) is 0.103. The zero-order chi connectivity index (χ0) is 61.2. The molecule has 0 unspecified atom stereocenters. The molecule has 21 nitrogen and oxygen atoms in total. The molecule has 0 radical (unpaired) electrons. The van der Waals surface area contributed by atoms with Crippen molar-refractivity contribution in [2.24, 2.45) is 0 Å². The van der Waals surface area contributed by atoms with Gasteiger partial charge in [0.05, 0.1) is 15.1 Å². The summed E-state index contributed by atoms with van der Waals surface area (Å²) in [4.78, 5) is 109. The van der Waals surface area contributed by atoms with Crippen LogP contribution in [0.25, 0.3) is 0 Å². The first kappa shape index (κ1) is 61.5. The minimum atomic E-state index is -0.658. The topological polar surface area (TPSA) is 249 Å². The van der Waals surface area contributed by atoms with Crippen LogP contribution in [0.15, 0.2) is 88.4 Å². The van der Waals surface area contributed by atoms with Gasteiger partial charge in [-0.15, -0.1) is 0 Å². The largest absolute Gasteiger partial charge is 0.336 e. The molecule has 9 heterocycles. The van der Waals surface area contributed by atoms with Gasteiger partial charge >= 0.3 is 0 Å². The van der Waals surface area contributed by atoms with E-state index in [0.29, 0.717) is 55.9 Å². The molecule has 3 spiro atoms. The van der Waals surface area contributed by atoms with Gasteiger partial charge < -0.3 is 31.1 Å². The standard InChI is InChI=1S/2C21H24ClN5O2.C16H16ClN5O2.C5H9Br/c2*22-15-12-16(25-17-8-11-23-13-24-17)19(28)27-18(15)20(29)26(14-6-2-3-7-14)21(27)9-4-1-5-10-21;17-10-8-11(20-12-4-7-18-9-19-12)15(24)22-13(10)14(23)21-16(22)5-2-1-3-6-16;6-5-3-1-2-4-5/h2*8,11-14H,1-7,9-10H2,(H,23,24,25);4,7-9H,1-3,5-6H2,(H,21,23)(H,18,19,20);5H,1-4H2. The number of anilines is 6. The van der Waals surface area contributed by atoms with E-state index in [4.69, 9.17) is 34.8 Å². The first-order chi connectivity index (χ1) is 42.7. The number of hydrogen-bond donors (Lipinski definition) is 4. The molecule has 3 aliphatic heterocycles. The van der Waals surface area contributed by atoms with Crippen LogP contribution in [0.2, 0.25) is 15.1 Å². The molecular formula is C63H73BrCl3N15O6. The molecule has 88 heavy (non-hydrogen) atoms. The van der Waals surface area contributed by atoms with Crippen molar-refractivity contribution in [1.82, 2.24) is 58.7 Å². The lowest BCUT2D eigenvalue weighted by atomic mass is 9.86. The Labute approximate surface area is 533 Å². The van der Waals surface area contributed by atoms with Crippen LogP contribution in [-0.2, 0) is 17.0 Å². The minimum Gasteiger partial charge on any atom is -0.336 e. The summed E-state index contributed by atoms with van der Waals surface area (Å²) in [5.41, 5.74) is -0.627. The molecule has 6 saturated carbocycles. The lowest BCUT2D eigenvalue weighted by Gasteiger charge is -2.45. The number of nitrogens with one attached hydrogen (secondary N) is 4. The van der Waals surface area contributed by atoms with Crippen LogP contribution < -0.4 is 37.9 Å². The lowest BCUT2D eigenvalue weighted by Crippen LogP contribution is -2.54. The average Bonchev–Trinajstić information content (AvgIpc) is 1.60. The van der Waals surface area contributed by atoms with Crippen LogP contribution in [-0.4, -0.2) is 88.0 Å². The van der Waals surface area contributed by atoms with Crippen molar-refractivity contribution in [1.29, 1.82) is 0 Å². The maximum atomic E-state index is 13.6. The number of carbonyl (C=O) groups excluding carboxylic acids is 3. The number of aromatic nitrogens is 9. The van der Waals surface area contributed by atoms with Crippen LogP contribution in [0.1, 0.15) is 205 Å². The number of amides is 3. The fourth-order valence-corrected chi connectivity index (χ4v) is 16.8. The van der Waals surface area contributed by atoms with Crippen molar-refractivity contribution in [3.63, 3.8) is 0 Å². The van der Waals surface area contributed by atoms with E-state index in [1.165, 1.54) is 50.7 Å². The normalized spacial score (nSPS) is 20.6. The van der Waals surface area contributed by atoms with E-state index in [1.807, 2.05) is 9.80 Å². The first-order valence-electron chi connectivity index (χ1n) is 31.3. The van der Waals surface area contributed by atoms with Crippen LogP contribution in [0.4, 0.5) is 34.5 Å². The maximum Gasteiger partial charge on any atom is 0.276 e. The van der Waals surface area contributed by atoms with Crippen molar-refractivity contribution in [2.45, 2.75) is 207 Å². The van der Waals surface area contributed by atoms with E-state index >= 15 is 0 Å². The Balaban J connectivity index is 0.000000123. The lowest BCUT2D eigenvalue weighted by molar-refractivity contribution is -0.00967. The van der Waals surface area contributed by atoms with Gasteiger partial charge in [0.1, 0.15) is 87.6 Å². The third kappa shape index (κ3) is 11.7. The summed E-state index contributed by atoms with van der Waals surface area (Å²) in [7, 11) is 0. The van der Waals surface area contributed by atoms with Crippen molar-refractivity contribution < 1.29 is 14.4 Å². The van der Waals surface area contributed by atoms with Gasteiger partial charge in [-0.2, -0.15) is 0 Å². The van der Waals surface area contributed by atoms with Crippen molar-refractivity contribution >= 4 is 103 Å². The highest BCUT2D eigenvalue weighted by atomic mass is 79.9. The molecule has 0 atom stereocenters. The predicted octanol–water partition coefficient (Wildman–Crippen LogP) is 12.8. The van der Waals surface area contributed by atoms with Crippen LogP contribution >= 0.6 is 50.7 Å². The molecule has 464 valence electrons. The maximum absolute atomic E-state index is 13.6. The minimum absolute atomic E-state index is 0.0884. The zero-order valence-corrected chi connectivity index (χ0v) is 53.0. The Morgan fingerprint density at radius 3 is 1.12 bits per heavy atom. The van der Waals surface area contributed by atoms with Crippen molar-refractivity contribution in [3.8, 4) is 0 Å². The molecule has 3 amide bonds. The Morgan fingerprint density at radius 2 is 0.784 bits per heavy atom. The summed E-state index contributed by atoms with van der Waals surface area (Å²) in [6.45, 7) is 0. The zero-order valence-electron chi connectivity index (χ0n) is 49.1. The number of pyridine rings is 3. The molecule has 0 saturated heterocycles. The van der Waals surface area contributed by atoms with Crippen LogP contribution in [0, 0.1) is 0 Å². The monoisotopic (exact) mass is 1320 g/mol. The Bertz CT molecular complexity index is 3560. The molecule has 0 bridgehead atoms. The molecule has 0 aromatic carbocycles. The summed E-state index contributed by atoms with van der Waals surface area (Å²) >= 11 is 23.1. The van der Waals surface area contributed by atoms with E-state index in [0.717, 1.165) is 153 Å². The SMILES string of the molecule is BrC1CCCC1.O=C1NC2(CCCCC2)n2c1c(Cl)cc(Nc1ccncn1)c2=O.O=C1c2c(Cl)cc(Nc3ccncn3)c(=O)n2C2(CCCCC2)N1C1CCCC1.O=C1c2c(Cl)cc(Nc3ccncn3)c(=O)n2C2(CCCCC2)N1C1CCCC1. The Morgan fingerprint density at radius 1 is 0.443 bits per heavy atom. The number of halogens is 4. The summed E-state index contributed by atoms with van der Waals surface area (Å²) in [6, 6.07) is 10.0. The summed E-state index contributed by atoms with van der Waals surface area (Å²) in [5.74, 6) is 1.07. The van der Waals surface area contributed by atoms with Gasteiger partial charge in [0, 0.05) is 35.5 Å². The number of fused-ring (bicyclic) bond motifs is 6. The highest BCUT2D eigenvalue weighted by Crippen LogP contribution is 2.50. The van der Waals surface area contributed by atoms with Crippen molar-refractivity contribution in [2.75, 3.05) is 16.0 Å². The Hall–Kier alpha value is -6.75. The fraction of sp³-hybridized carbons (Fsp3) is 0.524. The van der Waals surface area contributed by atoms with Crippen LogP contribution in [0.3, 0.4) is 0 Å². The van der Waals surface area contributed by atoms with Gasteiger partial charge in [0.15, 0.2) is 0 Å². The summed E-state index contributed by atoms with van der Waals surface area (Å²) < 4.78 is 4.96. The van der Waals surface area contributed by atoms with E-state index in [2.05, 4.69) is 67.1 Å². The molecule has 9 aliphatic rings. The third-order valence-corrected chi connectivity index (χ3v) is 21.0. The molecule has 4 N–H and O–H groups in total. The number of hydrogen-bond acceptors (Lipinski definition) is 15. The molecule has 6 fully saturated rings. The van der Waals surface area contributed by atoms with Crippen LogP contribution in [0.5, 0.6) is 0 Å². The highest BCUT2D eigenvalue weighted by molar-refractivity contribution is 9.09. The van der Waals surface area contributed by atoms with E-state index < -0.39 is 17.0 Å². The van der Waals surface area contributed by atoms with E-state index in [9.17, 15) is 28.8 Å². The molecular weight excluding hydrogens is 1250 g/mol. The van der Waals surface area contributed by atoms with Gasteiger partial charge in [0.25, 0.3) is 34.4 Å². The second-order valence-corrected chi connectivity index (χ2v) is 27.1. The number of carbonyl (C=O) groups is 3. The van der Waals surface area contributed by atoms with Gasteiger partial charge in [0.2, 0.25) is 0 Å². The summed E-state index contributed by atoms with van der Waals surface area (Å²) in [5, 5.41) is 13.0. The second-order valence-electron chi connectivity index (χ2n) is 24.6. The fourth-order valence-electron chi connectivity index (χ4n) is 15.4. The van der Waals surface area contributed by atoms with E-state index in [-0.39, 0.29) is 57.2 Å². The van der Waals surface area contributed by atoms with Gasteiger partial charge in [-0.3, -0.25) is 42.5 Å². The second kappa shape index (κ2) is 26.4. The molecule has 6 aromatic heterocycles. The third-order valence-electron chi connectivity index (χ3n) is 19.2. The van der Waals surface area contributed by atoms with Crippen molar-refractivity contribution in [3.05, 3.63) is 137 Å². The Kier molecular flexibility index (Phi) is 18.4. The molecule has 15 rings (SSSR count). The molecule has 25 heteroatoms. The summed E-state index contributed by atoms with van der Waals surface area (Å²) in [6.07, 6.45) is 37.2. The van der Waals surface area contributed by atoms with Gasteiger partial charge in [-0.25, -0.2) is 29.9 Å². The predicted molar refractivity (Wildman–Crippen MR) is 342 cm³/mol. The number of rotatable bonds is 8. The highest BCUT2D eigenvalue weighted by Gasteiger charge is 2.56. The van der Waals surface area contributed by atoms with E-state index in [1.54, 1.807) is 62.6 Å². The average molecular weight is 1320 g/mol. The van der Waals surface area contributed by atoms with Gasteiger partial charge in [-0.1, -0.05) is 109 Å². The molecule has 6 aliphatic carbocycles. The van der Waals surface area contributed by atoms with Gasteiger partial charge in [-0.05, 0) is 152 Å². The molecule has 6 aromatic rings. The first-order valence-corrected chi connectivity index (χ1v) is 33.4. The smallest absolute Gasteiger partial charge is 0.276 e. The number of alkyl halides is 1.